The molecule has 0 aromatic carbocycles. The van der Waals surface area contributed by atoms with Gasteiger partial charge in [-0.2, -0.15) is 0 Å². The summed E-state index contributed by atoms with van der Waals surface area (Å²) in [7, 11) is 0. The lowest BCUT2D eigenvalue weighted by atomic mass is 10.2. The molecule has 1 aromatic rings. The first-order valence-corrected chi connectivity index (χ1v) is 9.07. The number of thiazole rings is 1. The van der Waals surface area contributed by atoms with E-state index >= 15 is 0 Å². The molecule has 2 rings (SSSR count). The molecule has 20 heavy (non-hydrogen) atoms. The van der Waals surface area contributed by atoms with Crippen LogP contribution in [-0.2, 0) is 6.54 Å². The van der Waals surface area contributed by atoms with Gasteiger partial charge in [0.15, 0.2) is 5.13 Å². The van der Waals surface area contributed by atoms with Crippen molar-refractivity contribution in [3.63, 3.8) is 0 Å². The van der Waals surface area contributed by atoms with E-state index in [4.69, 9.17) is 4.98 Å². The number of nitrogens with zero attached hydrogens (tertiary/aromatic N) is 2. The third-order valence-corrected chi connectivity index (χ3v) is 4.78. The van der Waals surface area contributed by atoms with Crippen LogP contribution in [0.1, 0.15) is 69.4 Å². The SMILES string of the molecule is CCCNCc1sc(N(CCC)CCC)nc1C1CC1. The van der Waals surface area contributed by atoms with E-state index in [9.17, 15) is 0 Å². The molecule has 0 radical (unpaired) electrons. The summed E-state index contributed by atoms with van der Waals surface area (Å²) in [6.07, 6.45) is 6.27. The van der Waals surface area contributed by atoms with Crippen LogP contribution in [0.15, 0.2) is 0 Å². The van der Waals surface area contributed by atoms with Crippen LogP contribution in [0.25, 0.3) is 0 Å². The van der Waals surface area contributed by atoms with Crippen LogP contribution in [0.5, 0.6) is 0 Å². The molecule has 1 saturated carbocycles. The zero-order valence-corrected chi connectivity index (χ0v) is 14.1. The van der Waals surface area contributed by atoms with Gasteiger partial charge in [-0.15, -0.1) is 11.3 Å². The molecule has 1 aliphatic rings. The molecule has 0 saturated heterocycles. The average molecular weight is 295 g/mol. The van der Waals surface area contributed by atoms with Gasteiger partial charge in [-0.1, -0.05) is 20.8 Å². The van der Waals surface area contributed by atoms with Gasteiger partial charge in [0.2, 0.25) is 0 Å². The van der Waals surface area contributed by atoms with Crippen molar-refractivity contribution in [1.29, 1.82) is 0 Å². The Hall–Kier alpha value is -0.610. The van der Waals surface area contributed by atoms with Gasteiger partial charge in [0.05, 0.1) is 5.69 Å². The molecule has 1 aromatic heterocycles. The Morgan fingerprint density at radius 3 is 2.40 bits per heavy atom. The second-order valence-electron chi connectivity index (χ2n) is 5.74. The number of hydrogen-bond acceptors (Lipinski definition) is 4. The van der Waals surface area contributed by atoms with Gasteiger partial charge in [-0.3, -0.25) is 0 Å². The second-order valence-corrected chi connectivity index (χ2v) is 6.81. The van der Waals surface area contributed by atoms with Crippen molar-refractivity contribution in [3.8, 4) is 0 Å². The average Bonchev–Trinajstić information content (AvgIpc) is 3.20. The highest BCUT2D eigenvalue weighted by atomic mass is 32.1. The maximum atomic E-state index is 4.99. The molecule has 0 bridgehead atoms. The van der Waals surface area contributed by atoms with E-state index < -0.39 is 0 Å². The summed E-state index contributed by atoms with van der Waals surface area (Å²) in [4.78, 5) is 8.94. The molecule has 0 spiro atoms. The number of nitrogens with one attached hydrogen (secondary N) is 1. The minimum absolute atomic E-state index is 0.753. The second kappa shape index (κ2) is 7.99. The highest BCUT2D eigenvalue weighted by Gasteiger charge is 2.30. The fourth-order valence-electron chi connectivity index (χ4n) is 2.51. The summed E-state index contributed by atoms with van der Waals surface area (Å²) in [6.45, 7) is 11.1. The maximum Gasteiger partial charge on any atom is 0.185 e. The Morgan fingerprint density at radius 2 is 1.85 bits per heavy atom. The van der Waals surface area contributed by atoms with Gasteiger partial charge in [0.1, 0.15) is 0 Å². The van der Waals surface area contributed by atoms with Gasteiger partial charge < -0.3 is 10.2 Å². The predicted octanol–water partition coefficient (Wildman–Crippen LogP) is 4.15. The molecule has 1 heterocycles. The van der Waals surface area contributed by atoms with Crippen molar-refractivity contribution in [1.82, 2.24) is 10.3 Å². The fourth-order valence-corrected chi connectivity index (χ4v) is 3.68. The van der Waals surface area contributed by atoms with Crippen LogP contribution < -0.4 is 10.2 Å². The highest BCUT2D eigenvalue weighted by Crippen LogP contribution is 2.44. The van der Waals surface area contributed by atoms with Crippen molar-refractivity contribution >= 4 is 16.5 Å². The van der Waals surface area contributed by atoms with E-state index in [1.165, 1.54) is 47.8 Å². The van der Waals surface area contributed by atoms with Gasteiger partial charge >= 0.3 is 0 Å². The zero-order valence-electron chi connectivity index (χ0n) is 13.2. The van der Waals surface area contributed by atoms with Crippen molar-refractivity contribution < 1.29 is 0 Å². The summed E-state index contributed by atoms with van der Waals surface area (Å²) >= 11 is 1.92. The van der Waals surface area contributed by atoms with Gasteiger partial charge in [-0.25, -0.2) is 4.98 Å². The summed E-state index contributed by atoms with van der Waals surface area (Å²) in [5.41, 5.74) is 1.39. The molecule has 4 heteroatoms. The van der Waals surface area contributed by atoms with E-state index in [0.29, 0.717) is 0 Å². The first-order valence-electron chi connectivity index (χ1n) is 8.25. The van der Waals surface area contributed by atoms with Crippen molar-refractivity contribution in [2.45, 2.75) is 65.3 Å². The molecule has 3 nitrogen and oxygen atoms in total. The largest absolute Gasteiger partial charge is 0.348 e. The molecule has 0 amide bonds. The maximum absolute atomic E-state index is 4.99. The van der Waals surface area contributed by atoms with Crippen LogP contribution in [0.3, 0.4) is 0 Å². The molecular formula is C16H29N3S. The van der Waals surface area contributed by atoms with Crippen molar-refractivity contribution in [2.24, 2.45) is 0 Å². The highest BCUT2D eigenvalue weighted by molar-refractivity contribution is 7.15. The smallest absolute Gasteiger partial charge is 0.185 e. The Labute approximate surface area is 127 Å². The van der Waals surface area contributed by atoms with E-state index in [1.807, 2.05) is 11.3 Å². The van der Waals surface area contributed by atoms with Gasteiger partial charge in [0.25, 0.3) is 0 Å². The third-order valence-electron chi connectivity index (χ3n) is 3.65. The number of aromatic nitrogens is 1. The summed E-state index contributed by atoms with van der Waals surface area (Å²) in [5, 5.41) is 4.80. The van der Waals surface area contributed by atoms with Crippen molar-refractivity contribution in [2.75, 3.05) is 24.5 Å². The lowest BCUT2D eigenvalue weighted by Gasteiger charge is -2.20. The van der Waals surface area contributed by atoms with Crippen LogP contribution in [0.4, 0.5) is 5.13 Å². The normalized spacial score (nSPS) is 14.8. The van der Waals surface area contributed by atoms with Crippen LogP contribution in [0, 0.1) is 0 Å². The molecule has 1 N–H and O–H groups in total. The van der Waals surface area contributed by atoms with Crippen molar-refractivity contribution in [3.05, 3.63) is 10.6 Å². The molecule has 1 aliphatic carbocycles. The minimum Gasteiger partial charge on any atom is -0.348 e. The molecule has 114 valence electrons. The third kappa shape index (κ3) is 4.19. The molecule has 0 atom stereocenters. The fraction of sp³-hybridized carbons (Fsp3) is 0.812. The quantitative estimate of drug-likeness (QED) is 0.657. The van der Waals surface area contributed by atoms with E-state index in [-0.39, 0.29) is 0 Å². The van der Waals surface area contributed by atoms with Crippen LogP contribution in [-0.4, -0.2) is 24.6 Å². The van der Waals surface area contributed by atoms with E-state index in [2.05, 4.69) is 31.0 Å². The molecular weight excluding hydrogens is 266 g/mol. The zero-order chi connectivity index (χ0) is 14.4. The Bertz CT molecular complexity index is 392. The molecule has 1 fully saturated rings. The van der Waals surface area contributed by atoms with Crippen LogP contribution in [0.2, 0.25) is 0 Å². The molecule has 0 unspecified atom stereocenters. The summed E-state index contributed by atoms with van der Waals surface area (Å²) in [5.74, 6) is 0.753. The predicted molar refractivity (Wildman–Crippen MR) is 88.9 cm³/mol. The molecule has 0 aliphatic heterocycles. The van der Waals surface area contributed by atoms with Crippen LogP contribution >= 0.6 is 11.3 Å². The van der Waals surface area contributed by atoms with Gasteiger partial charge in [-0.05, 0) is 38.6 Å². The number of hydrogen-bond donors (Lipinski definition) is 1. The Morgan fingerprint density at radius 1 is 1.15 bits per heavy atom. The standard InChI is InChI=1S/C16H29N3S/c1-4-9-17-12-14-15(13-7-8-13)18-16(20-14)19(10-5-2)11-6-3/h13,17H,4-12H2,1-3H3. The van der Waals surface area contributed by atoms with Gasteiger partial charge in [0, 0.05) is 30.4 Å². The lowest BCUT2D eigenvalue weighted by Crippen LogP contribution is -2.24. The summed E-state index contributed by atoms with van der Waals surface area (Å²) < 4.78 is 0. The van der Waals surface area contributed by atoms with E-state index in [1.54, 1.807) is 0 Å². The first-order chi connectivity index (χ1) is 9.80. The number of rotatable bonds is 10. The number of anilines is 1. The minimum atomic E-state index is 0.753. The Kier molecular flexibility index (Phi) is 6.30. The monoisotopic (exact) mass is 295 g/mol. The first kappa shape index (κ1) is 15.8. The summed E-state index contributed by atoms with van der Waals surface area (Å²) in [6, 6.07) is 0. The Balaban J connectivity index is 2.09. The van der Waals surface area contributed by atoms with E-state index in [0.717, 1.165) is 32.1 Å². The topological polar surface area (TPSA) is 28.2 Å². The lowest BCUT2D eigenvalue weighted by molar-refractivity contribution is 0.676.